The molecule has 1 nitrogen and oxygen atoms in total. The van der Waals surface area contributed by atoms with Gasteiger partial charge in [-0.05, 0) is 30.7 Å². The number of halogens is 2. The molecule has 2 atom stereocenters. The molecule has 1 aromatic carbocycles. The summed E-state index contributed by atoms with van der Waals surface area (Å²) in [4.78, 5) is 0. The van der Waals surface area contributed by atoms with E-state index in [1.165, 1.54) is 12.1 Å². The summed E-state index contributed by atoms with van der Waals surface area (Å²) < 4.78 is 25.8. The van der Waals surface area contributed by atoms with Crippen LogP contribution >= 0.6 is 11.8 Å². The molecular formula is C11H13F2NS. The Balaban J connectivity index is 2.18. The van der Waals surface area contributed by atoms with Crippen LogP contribution in [0.25, 0.3) is 0 Å². The lowest BCUT2D eigenvalue weighted by atomic mass is 10.2. The van der Waals surface area contributed by atoms with E-state index in [0.717, 1.165) is 18.5 Å². The summed E-state index contributed by atoms with van der Waals surface area (Å²) in [6.07, 6.45) is 1.12. The zero-order valence-corrected chi connectivity index (χ0v) is 9.28. The molecule has 0 aliphatic carbocycles. The second-order valence-electron chi connectivity index (χ2n) is 3.74. The van der Waals surface area contributed by atoms with Crippen molar-refractivity contribution in [3.05, 3.63) is 35.4 Å². The average molecular weight is 229 g/mol. The standard InChI is InChI=1S/C11H13F2NS/c1-7-4-5-14-11(15-7)8-2-3-9(12)10(13)6-8/h2-3,6-7,11,14H,4-5H2,1H3. The molecule has 82 valence electrons. The van der Waals surface area contributed by atoms with E-state index in [0.29, 0.717) is 5.25 Å². The van der Waals surface area contributed by atoms with Gasteiger partial charge in [0.05, 0.1) is 5.37 Å². The fourth-order valence-electron chi connectivity index (χ4n) is 1.64. The Morgan fingerprint density at radius 3 is 2.80 bits per heavy atom. The zero-order valence-electron chi connectivity index (χ0n) is 8.47. The molecule has 0 spiro atoms. The molecule has 1 heterocycles. The lowest BCUT2D eigenvalue weighted by Crippen LogP contribution is -2.28. The number of hydrogen-bond acceptors (Lipinski definition) is 2. The predicted molar refractivity (Wildman–Crippen MR) is 58.8 cm³/mol. The molecule has 0 saturated carbocycles. The van der Waals surface area contributed by atoms with Gasteiger partial charge in [-0.2, -0.15) is 0 Å². The van der Waals surface area contributed by atoms with Gasteiger partial charge in [0.2, 0.25) is 0 Å². The molecule has 1 saturated heterocycles. The molecule has 1 aromatic rings. The van der Waals surface area contributed by atoms with Crippen LogP contribution in [0.5, 0.6) is 0 Å². The van der Waals surface area contributed by atoms with Crippen LogP contribution in [0.4, 0.5) is 8.78 Å². The molecule has 1 aliphatic heterocycles. The third-order valence-corrected chi connectivity index (χ3v) is 3.91. The van der Waals surface area contributed by atoms with Gasteiger partial charge >= 0.3 is 0 Å². The lowest BCUT2D eigenvalue weighted by Gasteiger charge is -2.28. The highest BCUT2D eigenvalue weighted by Crippen LogP contribution is 2.34. The summed E-state index contributed by atoms with van der Waals surface area (Å²) in [5.74, 6) is -1.55. The van der Waals surface area contributed by atoms with E-state index in [9.17, 15) is 8.78 Å². The molecule has 0 radical (unpaired) electrons. The quantitative estimate of drug-likeness (QED) is 0.794. The minimum Gasteiger partial charge on any atom is -0.302 e. The molecule has 0 amide bonds. The van der Waals surface area contributed by atoms with Crippen LogP contribution < -0.4 is 5.32 Å². The third kappa shape index (κ3) is 2.49. The fourth-order valence-corrected chi connectivity index (χ4v) is 2.87. The third-order valence-electron chi connectivity index (χ3n) is 2.50. The van der Waals surface area contributed by atoms with E-state index < -0.39 is 11.6 Å². The second kappa shape index (κ2) is 4.49. The summed E-state index contributed by atoms with van der Waals surface area (Å²) >= 11 is 1.75. The van der Waals surface area contributed by atoms with Gasteiger partial charge in [0, 0.05) is 5.25 Å². The van der Waals surface area contributed by atoms with E-state index in [2.05, 4.69) is 12.2 Å². The van der Waals surface area contributed by atoms with Crippen molar-refractivity contribution in [1.29, 1.82) is 0 Å². The topological polar surface area (TPSA) is 12.0 Å². The van der Waals surface area contributed by atoms with Crippen molar-refractivity contribution in [2.45, 2.75) is 24.0 Å². The zero-order chi connectivity index (χ0) is 10.8. The number of benzene rings is 1. The van der Waals surface area contributed by atoms with Crippen LogP contribution in [0.1, 0.15) is 24.3 Å². The highest BCUT2D eigenvalue weighted by molar-refractivity contribution is 8.00. The number of thioether (sulfide) groups is 1. The second-order valence-corrected chi connectivity index (χ2v) is 5.29. The largest absolute Gasteiger partial charge is 0.302 e. The van der Waals surface area contributed by atoms with Crippen LogP contribution in [0, 0.1) is 11.6 Å². The Labute approximate surface area is 92.3 Å². The van der Waals surface area contributed by atoms with Gasteiger partial charge in [-0.15, -0.1) is 11.8 Å². The summed E-state index contributed by atoms with van der Waals surface area (Å²) in [6, 6.07) is 4.10. The van der Waals surface area contributed by atoms with Crippen molar-refractivity contribution in [3.8, 4) is 0 Å². The molecular weight excluding hydrogens is 216 g/mol. The molecule has 2 unspecified atom stereocenters. The number of hydrogen-bond donors (Lipinski definition) is 1. The Bertz CT molecular complexity index is 356. The monoisotopic (exact) mass is 229 g/mol. The van der Waals surface area contributed by atoms with Crippen molar-refractivity contribution < 1.29 is 8.78 Å². The van der Waals surface area contributed by atoms with Gasteiger partial charge in [-0.25, -0.2) is 8.78 Å². The van der Waals surface area contributed by atoms with Crippen LogP contribution in [0.3, 0.4) is 0 Å². The van der Waals surface area contributed by atoms with Crippen LogP contribution in [-0.4, -0.2) is 11.8 Å². The molecule has 2 rings (SSSR count). The Kier molecular flexibility index (Phi) is 3.26. The summed E-state index contributed by atoms with van der Waals surface area (Å²) in [5, 5.41) is 3.93. The van der Waals surface area contributed by atoms with Crippen molar-refractivity contribution in [1.82, 2.24) is 5.32 Å². The Morgan fingerprint density at radius 2 is 2.13 bits per heavy atom. The van der Waals surface area contributed by atoms with Crippen molar-refractivity contribution in [2.24, 2.45) is 0 Å². The van der Waals surface area contributed by atoms with Gasteiger partial charge in [-0.3, -0.25) is 0 Å². The van der Waals surface area contributed by atoms with Gasteiger partial charge < -0.3 is 5.32 Å². The van der Waals surface area contributed by atoms with E-state index >= 15 is 0 Å². The van der Waals surface area contributed by atoms with Gasteiger partial charge in [0.1, 0.15) is 0 Å². The maximum absolute atomic E-state index is 13.0. The van der Waals surface area contributed by atoms with Crippen LogP contribution in [-0.2, 0) is 0 Å². The first-order chi connectivity index (χ1) is 7.16. The van der Waals surface area contributed by atoms with Crippen molar-refractivity contribution >= 4 is 11.8 Å². The smallest absolute Gasteiger partial charge is 0.159 e. The molecule has 15 heavy (non-hydrogen) atoms. The van der Waals surface area contributed by atoms with Crippen LogP contribution in [0.2, 0.25) is 0 Å². The highest BCUT2D eigenvalue weighted by Gasteiger charge is 2.20. The first-order valence-electron chi connectivity index (χ1n) is 5.00. The molecule has 1 aliphatic rings. The summed E-state index contributed by atoms with van der Waals surface area (Å²) in [6.45, 7) is 3.08. The maximum atomic E-state index is 13.0. The number of nitrogens with one attached hydrogen (secondary N) is 1. The molecule has 1 N–H and O–H groups in total. The summed E-state index contributed by atoms with van der Waals surface area (Å²) in [7, 11) is 0. The molecule has 4 heteroatoms. The van der Waals surface area contributed by atoms with E-state index in [4.69, 9.17) is 0 Å². The fraction of sp³-hybridized carbons (Fsp3) is 0.455. The summed E-state index contributed by atoms with van der Waals surface area (Å²) in [5.41, 5.74) is 0.811. The minimum atomic E-state index is -0.785. The van der Waals surface area contributed by atoms with Gasteiger partial charge in [-0.1, -0.05) is 13.0 Å². The lowest BCUT2D eigenvalue weighted by molar-refractivity contribution is 0.504. The van der Waals surface area contributed by atoms with Gasteiger partial charge in [0.15, 0.2) is 11.6 Å². The molecule has 0 bridgehead atoms. The molecule has 1 fully saturated rings. The maximum Gasteiger partial charge on any atom is 0.159 e. The molecule has 0 aromatic heterocycles. The average Bonchev–Trinajstić information content (AvgIpc) is 2.22. The Morgan fingerprint density at radius 1 is 1.33 bits per heavy atom. The number of rotatable bonds is 1. The first kappa shape index (κ1) is 10.9. The Hall–Kier alpha value is -0.610. The predicted octanol–water partition coefficient (Wildman–Crippen LogP) is 3.08. The van der Waals surface area contributed by atoms with Crippen LogP contribution in [0.15, 0.2) is 18.2 Å². The van der Waals surface area contributed by atoms with Gasteiger partial charge in [0.25, 0.3) is 0 Å². The van der Waals surface area contributed by atoms with Crippen molar-refractivity contribution in [2.75, 3.05) is 6.54 Å². The van der Waals surface area contributed by atoms with Crippen molar-refractivity contribution in [3.63, 3.8) is 0 Å². The minimum absolute atomic E-state index is 0.0869. The highest BCUT2D eigenvalue weighted by atomic mass is 32.2. The van der Waals surface area contributed by atoms with E-state index in [1.54, 1.807) is 17.8 Å². The van der Waals surface area contributed by atoms with E-state index in [1.807, 2.05) is 0 Å². The first-order valence-corrected chi connectivity index (χ1v) is 5.95. The SMILES string of the molecule is CC1CCNC(c2ccc(F)c(F)c2)S1. The normalized spacial score (nSPS) is 26.6. The van der Waals surface area contributed by atoms with E-state index in [-0.39, 0.29) is 5.37 Å².